The molecule has 2 N–H and O–H groups in total. The summed E-state index contributed by atoms with van der Waals surface area (Å²) in [6, 6.07) is 8.28. The lowest BCUT2D eigenvalue weighted by atomic mass is 10.1. The van der Waals surface area contributed by atoms with Crippen LogP contribution >= 0.6 is 27.3 Å². The van der Waals surface area contributed by atoms with Gasteiger partial charge in [-0.1, -0.05) is 6.07 Å². The molecule has 2 nitrogen and oxygen atoms in total. The van der Waals surface area contributed by atoms with Crippen LogP contribution in [-0.2, 0) is 12.8 Å². The number of thiophene rings is 1. The van der Waals surface area contributed by atoms with E-state index in [4.69, 9.17) is 10.5 Å². The number of benzene rings is 1. The van der Waals surface area contributed by atoms with Gasteiger partial charge < -0.3 is 10.5 Å². The third-order valence-corrected chi connectivity index (χ3v) is 4.01. The number of halogens is 1. The van der Waals surface area contributed by atoms with Crippen molar-refractivity contribution in [3.8, 4) is 5.75 Å². The first-order chi connectivity index (χ1) is 8.79. The zero-order valence-corrected chi connectivity index (χ0v) is 12.5. The van der Waals surface area contributed by atoms with Gasteiger partial charge in [-0.15, -0.1) is 0 Å². The minimum atomic E-state index is 0.671. The molecule has 0 bridgehead atoms. The molecule has 0 amide bonds. The molecule has 1 aromatic heterocycles. The van der Waals surface area contributed by atoms with Crippen LogP contribution in [0.25, 0.3) is 0 Å². The molecule has 0 aliphatic rings. The molecule has 0 aliphatic carbocycles. The molecule has 0 saturated carbocycles. The van der Waals surface area contributed by atoms with Crippen LogP contribution in [0.5, 0.6) is 5.75 Å². The second kappa shape index (κ2) is 6.92. The van der Waals surface area contributed by atoms with E-state index in [2.05, 4.69) is 44.9 Å². The molecule has 0 saturated heterocycles. The van der Waals surface area contributed by atoms with Crippen LogP contribution in [0.2, 0.25) is 0 Å². The van der Waals surface area contributed by atoms with Crippen molar-refractivity contribution in [2.24, 2.45) is 5.73 Å². The molecule has 0 radical (unpaired) electrons. The highest BCUT2D eigenvalue weighted by Crippen LogP contribution is 2.26. The van der Waals surface area contributed by atoms with E-state index in [-0.39, 0.29) is 0 Å². The number of nitrogens with two attached hydrogens (primary N) is 1. The first kappa shape index (κ1) is 13.6. The van der Waals surface area contributed by atoms with E-state index < -0.39 is 0 Å². The maximum atomic E-state index is 5.77. The van der Waals surface area contributed by atoms with Crippen LogP contribution in [-0.4, -0.2) is 13.2 Å². The fourth-order valence-corrected chi connectivity index (χ4v) is 2.94. The summed E-state index contributed by atoms with van der Waals surface area (Å²) in [5, 5.41) is 4.25. The molecule has 1 aromatic carbocycles. The van der Waals surface area contributed by atoms with Gasteiger partial charge in [-0.05, 0) is 69.0 Å². The molecule has 2 aromatic rings. The molecule has 0 unspecified atom stereocenters. The first-order valence-corrected chi connectivity index (χ1v) is 7.65. The Morgan fingerprint density at radius 3 is 2.72 bits per heavy atom. The van der Waals surface area contributed by atoms with Crippen molar-refractivity contribution in [1.29, 1.82) is 0 Å². The summed E-state index contributed by atoms with van der Waals surface area (Å²) in [6.07, 6.45) is 1.84. The molecule has 2 rings (SSSR count). The van der Waals surface area contributed by atoms with Gasteiger partial charge in [0.15, 0.2) is 0 Å². The summed E-state index contributed by atoms with van der Waals surface area (Å²) in [7, 11) is 0. The van der Waals surface area contributed by atoms with Gasteiger partial charge in [0.1, 0.15) is 5.75 Å². The van der Waals surface area contributed by atoms with Gasteiger partial charge in [0.2, 0.25) is 0 Å². The Balaban J connectivity index is 1.89. The molecule has 0 aliphatic heterocycles. The maximum Gasteiger partial charge on any atom is 0.133 e. The van der Waals surface area contributed by atoms with Crippen molar-refractivity contribution in [1.82, 2.24) is 0 Å². The van der Waals surface area contributed by atoms with E-state index >= 15 is 0 Å². The Morgan fingerprint density at radius 1 is 1.17 bits per heavy atom. The van der Waals surface area contributed by atoms with Crippen molar-refractivity contribution in [3.05, 3.63) is 50.6 Å². The summed E-state index contributed by atoms with van der Waals surface area (Å²) < 4.78 is 6.77. The lowest BCUT2D eigenvalue weighted by Crippen LogP contribution is -2.04. The van der Waals surface area contributed by atoms with Crippen LogP contribution in [0.4, 0.5) is 0 Å². The van der Waals surface area contributed by atoms with Gasteiger partial charge in [-0.25, -0.2) is 0 Å². The summed E-state index contributed by atoms with van der Waals surface area (Å²) in [4.78, 5) is 0. The summed E-state index contributed by atoms with van der Waals surface area (Å²) in [6.45, 7) is 1.37. The highest BCUT2D eigenvalue weighted by Gasteiger charge is 2.03. The predicted molar refractivity (Wildman–Crippen MR) is 80.4 cm³/mol. The maximum absolute atomic E-state index is 5.77. The Kier molecular flexibility index (Phi) is 5.23. The van der Waals surface area contributed by atoms with Crippen LogP contribution in [0, 0.1) is 0 Å². The van der Waals surface area contributed by atoms with E-state index in [0.29, 0.717) is 13.2 Å². The van der Waals surface area contributed by atoms with Gasteiger partial charge in [0, 0.05) is 6.42 Å². The average molecular weight is 326 g/mol. The van der Waals surface area contributed by atoms with E-state index in [1.54, 1.807) is 11.3 Å². The lowest BCUT2D eigenvalue weighted by Gasteiger charge is -2.09. The second-order valence-electron chi connectivity index (χ2n) is 4.03. The molecule has 0 fully saturated rings. The van der Waals surface area contributed by atoms with Crippen LogP contribution in [0.1, 0.15) is 11.1 Å². The normalized spacial score (nSPS) is 10.6. The Bertz CT molecular complexity index is 485. The van der Waals surface area contributed by atoms with Gasteiger partial charge in [0.25, 0.3) is 0 Å². The van der Waals surface area contributed by atoms with Crippen LogP contribution in [0.3, 0.4) is 0 Å². The summed E-state index contributed by atoms with van der Waals surface area (Å²) in [5.74, 6) is 0.894. The largest absolute Gasteiger partial charge is 0.492 e. The highest BCUT2D eigenvalue weighted by atomic mass is 79.9. The van der Waals surface area contributed by atoms with Crippen LogP contribution in [0.15, 0.2) is 39.5 Å². The van der Waals surface area contributed by atoms with Gasteiger partial charge >= 0.3 is 0 Å². The minimum Gasteiger partial charge on any atom is -0.492 e. The number of hydrogen-bond acceptors (Lipinski definition) is 3. The Hall–Kier alpha value is -0.840. The zero-order chi connectivity index (χ0) is 12.8. The topological polar surface area (TPSA) is 35.2 Å². The lowest BCUT2D eigenvalue weighted by molar-refractivity contribution is 0.320. The highest BCUT2D eigenvalue weighted by molar-refractivity contribution is 9.10. The number of rotatable bonds is 6. The van der Waals surface area contributed by atoms with Crippen molar-refractivity contribution < 1.29 is 4.74 Å². The van der Waals surface area contributed by atoms with Crippen molar-refractivity contribution in [2.45, 2.75) is 12.8 Å². The zero-order valence-electron chi connectivity index (χ0n) is 10.1. The van der Waals surface area contributed by atoms with E-state index in [1.807, 2.05) is 6.07 Å². The summed E-state index contributed by atoms with van der Waals surface area (Å²) >= 11 is 5.25. The average Bonchev–Trinajstić information content (AvgIpc) is 2.85. The first-order valence-electron chi connectivity index (χ1n) is 5.92. The molecule has 0 spiro atoms. The third-order valence-electron chi connectivity index (χ3n) is 2.66. The van der Waals surface area contributed by atoms with Crippen LogP contribution < -0.4 is 10.5 Å². The SMILES string of the molecule is NCCc1ccc(OCCc2ccsc2)c(Br)c1. The van der Waals surface area contributed by atoms with Crippen molar-refractivity contribution >= 4 is 27.3 Å². The molecular formula is C14H16BrNOS. The monoisotopic (exact) mass is 325 g/mol. The molecule has 96 valence electrons. The standard InChI is InChI=1S/C14H16BrNOS/c15-13-9-11(3-6-16)1-2-14(13)17-7-4-12-5-8-18-10-12/h1-2,5,8-10H,3-4,6-7,16H2. The van der Waals surface area contributed by atoms with Crippen molar-refractivity contribution in [3.63, 3.8) is 0 Å². The molecular weight excluding hydrogens is 310 g/mol. The fourth-order valence-electron chi connectivity index (χ4n) is 1.70. The molecule has 4 heteroatoms. The number of ether oxygens (including phenoxy) is 1. The van der Waals surface area contributed by atoms with Gasteiger partial charge in [-0.3, -0.25) is 0 Å². The van der Waals surface area contributed by atoms with E-state index in [1.165, 1.54) is 11.1 Å². The third kappa shape index (κ3) is 3.83. The van der Waals surface area contributed by atoms with E-state index in [9.17, 15) is 0 Å². The second-order valence-corrected chi connectivity index (χ2v) is 5.67. The summed E-state index contributed by atoms with van der Waals surface area (Å²) in [5.41, 5.74) is 8.10. The van der Waals surface area contributed by atoms with Gasteiger partial charge in [-0.2, -0.15) is 11.3 Å². The quantitative estimate of drug-likeness (QED) is 0.880. The predicted octanol–water partition coefficient (Wildman–Crippen LogP) is 3.63. The fraction of sp³-hybridized carbons (Fsp3) is 0.286. The smallest absolute Gasteiger partial charge is 0.133 e. The minimum absolute atomic E-state index is 0.671. The molecule has 0 atom stereocenters. The Labute approximate surface area is 120 Å². The van der Waals surface area contributed by atoms with Gasteiger partial charge in [0.05, 0.1) is 11.1 Å². The number of hydrogen-bond donors (Lipinski definition) is 1. The Morgan fingerprint density at radius 2 is 2.06 bits per heavy atom. The molecule has 1 heterocycles. The van der Waals surface area contributed by atoms with E-state index in [0.717, 1.165) is 23.1 Å². The molecule has 18 heavy (non-hydrogen) atoms. The van der Waals surface area contributed by atoms with Crippen molar-refractivity contribution in [2.75, 3.05) is 13.2 Å².